The Balaban J connectivity index is 1.72. The van der Waals surface area contributed by atoms with Crippen LogP contribution in [0, 0.1) is 15.9 Å². The van der Waals surface area contributed by atoms with Crippen LogP contribution in [-0.4, -0.2) is 24.7 Å². The smallest absolute Gasteiger partial charge is 0.271 e. The number of hydrogen-bond donors (Lipinski definition) is 2. The molecule has 0 aliphatic rings. The van der Waals surface area contributed by atoms with Crippen molar-refractivity contribution in [3.05, 3.63) is 57.9 Å². The molecule has 1 heterocycles. The van der Waals surface area contributed by atoms with Gasteiger partial charge in [-0.1, -0.05) is 0 Å². The van der Waals surface area contributed by atoms with E-state index in [1.807, 2.05) is 0 Å². The van der Waals surface area contributed by atoms with Crippen LogP contribution >= 0.6 is 23.9 Å². The maximum Gasteiger partial charge on any atom is 0.271 e. The summed E-state index contributed by atoms with van der Waals surface area (Å²) in [5, 5.41) is 15.4. The van der Waals surface area contributed by atoms with Crippen molar-refractivity contribution < 1.29 is 14.1 Å². The van der Waals surface area contributed by atoms with E-state index in [1.54, 1.807) is 18.2 Å². The number of thiocarbonyl (C=S) groups is 1. The minimum atomic E-state index is -0.739. The number of carbonyl (C=O) groups is 1. The van der Waals surface area contributed by atoms with Crippen molar-refractivity contribution in [2.45, 2.75) is 0 Å². The average molecular weight is 377 g/mol. The van der Waals surface area contributed by atoms with E-state index in [2.05, 4.69) is 19.4 Å². The number of carbonyl (C=O) groups excluding carboxylic acids is 1. The first-order valence-corrected chi connectivity index (χ1v) is 7.86. The van der Waals surface area contributed by atoms with Crippen LogP contribution in [0.4, 0.5) is 15.8 Å². The zero-order chi connectivity index (χ0) is 18.0. The lowest BCUT2D eigenvalue weighted by Gasteiger charge is -2.10. The number of nitro groups is 1. The largest absolute Gasteiger partial charge is 0.330 e. The molecule has 2 aromatic carbocycles. The Bertz CT molecular complexity index is 1010. The Morgan fingerprint density at radius 2 is 1.96 bits per heavy atom. The summed E-state index contributed by atoms with van der Waals surface area (Å²) in [6, 6.07) is 7.69. The Morgan fingerprint density at radius 3 is 2.72 bits per heavy atom. The molecule has 8 nitrogen and oxygen atoms in total. The van der Waals surface area contributed by atoms with Crippen LogP contribution < -0.4 is 10.6 Å². The summed E-state index contributed by atoms with van der Waals surface area (Å²) < 4.78 is 21.8. The van der Waals surface area contributed by atoms with Gasteiger partial charge in [0.2, 0.25) is 0 Å². The van der Waals surface area contributed by atoms with Crippen molar-refractivity contribution in [1.29, 1.82) is 0 Å². The molecule has 0 bridgehead atoms. The molecular weight excluding hydrogens is 369 g/mol. The lowest BCUT2D eigenvalue weighted by atomic mass is 10.2. The summed E-state index contributed by atoms with van der Waals surface area (Å²) >= 11 is 5.98. The molecule has 0 saturated heterocycles. The van der Waals surface area contributed by atoms with Gasteiger partial charge in [-0.05, 0) is 36.5 Å². The zero-order valence-electron chi connectivity index (χ0n) is 12.2. The van der Waals surface area contributed by atoms with Crippen LogP contribution in [-0.2, 0) is 0 Å². The molecule has 3 rings (SSSR count). The van der Waals surface area contributed by atoms with Crippen molar-refractivity contribution in [2.24, 2.45) is 0 Å². The monoisotopic (exact) mass is 377 g/mol. The van der Waals surface area contributed by atoms with Crippen LogP contribution in [0.1, 0.15) is 10.4 Å². The number of nitro benzene ring substituents is 1. The second kappa shape index (κ2) is 6.83. The van der Waals surface area contributed by atoms with Crippen molar-refractivity contribution in [3.63, 3.8) is 0 Å². The number of hydrogen-bond acceptors (Lipinski definition) is 7. The third-order valence-corrected chi connectivity index (χ3v) is 3.91. The number of nitrogens with zero attached hydrogens (tertiary/aromatic N) is 3. The standard InChI is InChI=1S/C14H8FN5O3S2/c15-9-3-2-8(20(22)23)6-11(9)16-14(24)17-13(21)7-1-4-10-12(5-7)19-25-18-10/h1-6H,(H2,16,17,21,24). The second-order valence-electron chi connectivity index (χ2n) is 4.80. The molecule has 0 fully saturated rings. The topological polar surface area (TPSA) is 110 Å². The number of nitrogens with one attached hydrogen (secondary N) is 2. The molecule has 0 unspecified atom stereocenters. The minimum Gasteiger partial charge on any atom is -0.330 e. The van der Waals surface area contributed by atoms with Gasteiger partial charge in [0, 0.05) is 17.7 Å². The first kappa shape index (κ1) is 16.8. The van der Waals surface area contributed by atoms with Crippen molar-refractivity contribution >= 4 is 57.4 Å². The van der Waals surface area contributed by atoms with Gasteiger partial charge in [-0.15, -0.1) is 0 Å². The third-order valence-electron chi connectivity index (χ3n) is 3.15. The number of anilines is 1. The van der Waals surface area contributed by atoms with Crippen LogP contribution in [0.5, 0.6) is 0 Å². The second-order valence-corrected chi connectivity index (χ2v) is 5.73. The van der Waals surface area contributed by atoms with Gasteiger partial charge in [-0.25, -0.2) is 4.39 Å². The summed E-state index contributed by atoms with van der Waals surface area (Å²) in [5.74, 6) is -1.27. The molecule has 11 heteroatoms. The fourth-order valence-corrected chi connectivity index (χ4v) is 2.69. The summed E-state index contributed by atoms with van der Waals surface area (Å²) in [6.07, 6.45) is 0. The number of fused-ring (bicyclic) bond motifs is 1. The quantitative estimate of drug-likeness (QED) is 0.410. The van der Waals surface area contributed by atoms with Gasteiger partial charge in [0.15, 0.2) is 5.11 Å². The molecule has 0 aliphatic heterocycles. The summed E-state index contributed by atoms with van der Waals surface area (Å²) in [7, 11) is 0. The van der Waals surface area contributed by atoms with Gasteiger partial charge in [0.1, 0.15) is 16.9 Å². The number of non-ortho nitro benzene ring substituents is 1. The van der Waals surface area contributed by atoms with E-state index in [9.17, 15) is 19.3 Å². The molecule has 25 heavy (non-hydrogen) atoms. The number of benzene rings is 2. The maximum absolute atomic E-state index is 13.7. The van der Waals surface area contributed by atoms with Crippen molar-refractivity contribution in [2.75, 3.05) is 5.32 Å². The highest BCUT2D eigenvalue weighted by Gasteiger charge is 2.14. The van der Waals surface area contributed by atoms with Gasteiger partial charge in [0.05, 0.1) is 22.3 Å². The molecule has 0 aliphatic carbocycles. The van der Waals surface area contributed by atoms with Gasteiger partial charge < -0.3 is 5.32 Å². The molecule has 1 aromatic heterocycles. The van der Waals surface area contributed by atoms with E-state index in [-0.39, 0.29) is 16.5 Å². The van der Waals surface area contributed by atoms with Crippen LogP contribution in [0.25, 0.3) is 11.0 Å². The summed E-state index contributed by atoms with van der Waals surface area (Å²) in [4.78, 5) is 22.3. The molecule has 1 amide bonds. The fraction of sp³-hybridized carbons (Fsp3) is 0. The summed E-state index contributed by atoms with van der Waals surface area (Å²) in [5.41, 5.74) is 1.02. The van der Waals surface area contributed by atoms with Gasteiger partial charge in [-0.3, -0.25) is 20.2 Å². The van der Waals surface area contributed by atoms with E-state index in [4.69, 9.17) is 12.2 Å². The number of aromatic nitrogens is 2. The van der Waals surface area contributed by atoms with Gasteiger partial charge in [0.25, 0.3) is 11.6 Å². The molecule has 2 N–H and O–H groups in total. The highest BCUT2D eigenvalue weighted by Crippen LogP contribution is 2.21. The minimum absolute atomic E-state index is 0.194. The van der Waals surface area contributed by atoms with Crippen LogP contribution in [0.15, 0.2) is 36.4 Å². The lowest BCUT2D eigenvalue weighted by molar-refractivity contribution is -0.384. The van der Waals surface area contributed by atoms with E-state index in [1.165, 1.54) is 0 Å². The molecule has 0 atom stereocenters. The number of halogens is 1. The first-order chi connectivity index (χ1) is 11.9. The third kappa shape index (κ3) is 3.72. The van der Waals surface area contributed by atoms with E-state index >= 15 is 0 Å². The average Bonchev–Trinajstić information content (AvgIpc) is 3.04. The van der Waals surface area contributed by atoms with Gasteiger partial charge >= 0.3 is 0 Å². The Morgan fingerprint density at radius 1 is 1.20 bits per heavy atom. The number of amides is 1. The predicted molar refractivity (Wildman–Crippen MR) is 94.2 cm³/mol. The van der Waals surface area contributed by atoms with Crippen LogP contribution in [0.2, 0.25) is 0 Å². The Hall–Kier alpha value is -3.05. The zero-order valence-corrected chi connectivity index (χ0v) is 13.9. The lowest BCUT2D eigenvalue weighted by Crippen LogP contribution is -2.34. The van der Waals surface area contributed by atoms with Crippen molar-refractivity contribution in [1.82, 2.24) is 14.1 Å². The predicted octanol–water partition coefficient (Wildman–Crippen LogP) is 2.87. The normalized spacial score (nSPS) is 10.4. The molecule has 0 spiro atoms. The van der Waals surface area contributed by atoms with E-state index in [0.29, 0.717) is 16.6 Å². The maximum atomic E-state index is 13.7. The molecular formula is C14H8FN5O3S2. The summed E-state index contributed by atoms with van der Waals surface area (Å²) in [6.45, 7) is 0. The van der Waals surface area contributed by atoms with Crippen molar-refractivity contribution in [3.8, 4) is 0 Å². The van der Waals surface area contributed by atoms with Crippen LogP contribution in [0.3, 0.4) is 0 Å². The molecule has 126 valence electrons. The molecule has 0 saturated carbocycles. The molecule has 0 radical (unpaired) electrons. The fourth-order valence-electron chi connectivity index (χ4n) is 1.97. The Labute approximate surface area is 149 Å². The van der Waals surface area contributed by atoms with Gasteiger partial charge in [-0.2, -0.15) is 8.75 Å². The van der Waals surface area contributed by atoms with E-state index < -0.39 is 16.6 Å². The highest BCUT2D eigenvalue weighted by molar-refractivity contribution is 7.80. The molecule has 3 aromatic rings. The number of rotatable bonds is 3. The SMILES string of the molecule is O=C(NC(=S)Nc1cc([N+](=O)[O-])ccc1F)c1ccc2nsnc2c1. The first-order valence-electron chi connectivity index (χ1n) is 6.72. The van der Waals surface area contributed by atoms with E-state index in [0.717, 1.165) is 29.9 Å². The Kier molecular flexibility index (Phi) is 4.59. The highest BCUT2D eigenvalue weighted by atomic mass is 32.1.